The number of aryl methyl sites for hydroxylation is 3. The van der Waals surface area contributed by atoms with E-state index in [-0.39, 0.29) is 5.78 Å². The Labute approximate surface area is 121 Å². The molecule has 100 valence electrons. The number of carbonyl (C=O) groups excluding carboxylic acids is 1. The van der Waals surface area contributed by atoms with Gasteiger partial charge in [-0.1, -0.05) is 6.92 Å². The molecule has 2 heterocycles. The molecular weight excluding hydrogens is 306 g/mol. The molecule has 0 unspecified atom stereocenters. The van der Waals surface area contributed by atoms with Crippen LogP contribution in [-0.2, 0) is 6.54 Å². The lowest BCUT2D eigenvalue weighted by molar-refractivity contribution is 0.102. The Morgan fingerprint density at radius 3 is 2.74 bits per heavy atom. The minimum atomic E-state index is -0.0391. The summed E-state index contributed by atoms with van der Waals surface area (Å²) < 4.78 is 2.47. The van der Waals surface area contributed by atoms with Gasteiger partial charge < -0.3 is 0 Å². The molecule has 19 heavy (non-hydrogen) atoms. The van der Waals surface area contributed by atoms with Crippen LogP contribution < -0.4 is 0 Å². The molecule has 0 N–H and O–H groups in total. The second-order valence-electron chi connectivity index (χ2n) is 4.48. The monoisotopic (exact) mass is 321 g/mol. The van der Waals surface area contributed by atoms with E-state index in [4.69, 9.17) is 0 Å². The zero-order chi connectivity index (χ0) is 14.0. The van der Waals surface area contributed by atoms with E-state index in [2.05, 4.69) is 32.9 Å². The van der Waals surface area contributed by atoms with Gasteiger partial charge in [0.05, 0.1) is 10.7 Å². The number of ketones is 1. The number of hydrogen-bond donors (Lipinski definition) is 0. The Kier molecular flexibility index (Phi) is 4.14. The van der Waals surface area contributed by atoms with Gasteiger partial charge in [-0.05, 0) is 48.3 Å². The van der Waals surface area contributed by atoms with Crippen LogP contribution in [0.2, 0.25) is 0 Å². The molecule has 0 atom stereocenters. The first kappa shape index (κ1) is 13.9. The van der Waals surface area contributed by atoms with Crippen LogP contribution in [0, 0.1) is 13.8 Å². The van der Waals surface area contributed by atoms with Crippen molar-refractivity contribution in [3.05, 3.63) is 45.4 Å². The van der Waals surface area contributed by atoms with E-state index in [1.165, 1.54) is 0 Å². The van der Waals surface area contributed by atoms with Gasteiger partial charge in [-0.2, -0.15) is 5.10 Å². The molecule has 0 aliphatic rings. The van der Waals surface area contributed by atoms with Gasteiger partial charge in [0, 0.05) is 23.5 Å². The highest BCUT2D eigenvalue weighted by Crippen LogP contribution is 2.21. The van der Waals surface area contributed by atoms with Crippen molar-refractivity contribution < 1.29 is 4.79 Å². The molecule has 0 bridgehead atoms. The van der Waals surface area contributed by atoms with Gasteiger partial charge in [-0.15, -0.1) is 0 Å². The minimum absolute atomic E-state index is 0.0391. The van der Waals surface area contributed by atoms with Crippen LogP contribution >= 0.6 is 15.9 Å². The number of rotatable bonds is 4. The van der Waals surface area contributed by atoms with Crippen LogP contribution in [0.1, 0.15) is 40.8 Å². The summed E-state index contributed by atoms with van der Waals surface area (Å²) in [6.07, 6.45) is 2.60. The van der Waals surface area contributed by atoms with Gasteiger partial charge in [0.1, 0.15) is 5.69 Å². The van der Waals surface area contributed by atoms with Crippen LogP contribution in [0.25, 0.3) is 0 Å². The summed E-state index contributed by atoms with van der Waals surface area (Å²) in [5.41, 5.74) is 2.89. The van der Waals surface area contributed by atoms with Crippen molar-refractivity contribution in [2.45, 2.75) is 33.7 Å². The summed E-state index contributed by atoms with van der Waals surface area (Å²) in [6, 6.07) is 3.68. The lowest BCUT2D eigenvalue weighted by atomic mass is 10.1. The van der Waals surface area contributed by atoms with Gasteiger partial charge in [0.25, 0.3) is 0 Å². The van der Waals surface area contributed by atoms with E-state index in [1.807, 2.05) is 26.0 Å². The third kappa shape index (κ3) is 2.76. The van der Waals surface area contributed by atoms with Crippen molar-refractivity contribution in [1.82, 2.24) is 14.8 Å². The quantitative estimate of drug-likeness (QED) is 0.812. The first-order valence-corrected chi connectivity index (χ1v) is 7.04. The number of carbonyl (C=O) groups is 1. The lowest BCUT2D eigenvalue weighted by Gasteiger charge is -2.08. The van der Waals surface area contributed by atoms with Crippen LogP contribution in [-0.4, -0.2) is 20.5 Å². The number of hydrogen-bond acceptors (Lipinski definition) is 3. The van der Waals surface area contributed by atoms with Crippen molar-refractivity contribution in [2.75, 3.05) is 0 Å². The normalized spacial score (nSPS) is 10.7. The summed E-state index contributed by atoms with van der Waals surface area (Å²) in [5, 5.41) is 4.23. The summed E-state index contributed by atoms with van der Waals surface area (Å²) >= 11 is 3.40. The number of nitrogens with zero attached hydrogens (tertiary/aromatic N) is 3. The maximum atomic E-state index is 12.6. The Morgan fingerprint density at radius 2 is 2.11 bits per heavy atom. The van der Waals surface area contributed by atoms with E-state index in [9.17, 15) is 4.79 Å². The van der Waals surface area contributed by atoms with E-state index in [0.717, 1.165) is 28.8 Å². The molecule has 0 radical (unpaired) electrons. The fourth-order valence-electron chi connectivity index (χ4n) is 2.02. The highest BCUT2D eigenvalue weighted by atomic mass is 79.9. The Bertz CT molecular complexity index is 619. The number of halogens is 1. The van der Waals surface area contributed by atoms with E-state index in [1.54, 1.807) is 10.9 Å². The smallest absolute Gasteiger partial charge is 0.214 e. The first-order valence-electron chi connectivity index (χ1n) is 6.24. The molecule has 2 aromatic rings. The predicted molar refractivity (Wildman–Crippen MR) is 77.4 cm³/mol. The molecule has 4 nitrogen and oxygen atoms in total. The SMILES string of the molecule is CCCn1ncc(Br)c1C(=O)c1ccc(C)nc1C. The Morgan fingerprint density at radius 1 is 1.37 bits per heavy atom. The van der Waals surface area contributed by atoms with Gasteiger partial charge in [-0.25, -0.2) is 0 Å². The molecule has 0 amide bonds. The lowest BCUT2D eigenvalue weighted by Crippen LogP contribution is -2.13. The molecule has 2 rings (SSSR count). The fraction of sp³-hybridized carbons (Fsp3) is 0.357. The topological polar surface area (TPSA) is 47.8 Å². The van der Waals surface area contributed by atoms with Gasteiger partial charge >= 0.3 is 0 Å². The summed E-state index contributed by atoms with van der Waals surface area (Å²) in [6.45, 7) is 6.56. The van der Waals surface area contributed by atoms with Gasteiger partial charge in [-0.3, -0.25) is 14.5 Å². The largest absolute Gasteiger partial charge is 0.287 e. The van der Waals surface area contributed by atoms with Crippen LogP contribution in [0.15, 0.2) is 22.8 Å². The van der Waals surface area contributed by atoms with Crippen LogP contribution in [0.3, 0.4) is 0 Å². The van der Waals surface area contributed by atoms with Crippen LogP contribution in [0.5, 0.6) is 0 Å². The first-order chi connectivity index (χ1) is 9.04. The average Bonchev–Trinajstić information content (AvgIpc) is 2.70. The van der Waals surface area contributed by atoms with Gasteiger partial charge in [0.15, 0.2) is 0 Å². The highest BCUT2D eigenvalue weighted by molar-refractivity contribution is 9.10. The summed E-state index contributed by atoms with van der Waals surface area (Å²) in [5.74, 6) is -0.0391. The molecule has 2 aromatic heterocycles. The maximum Gasteiger partial charge on any atom is 0.214 e. The van der Waals surface area contributed by atoms with Crippen molar-refractivity contribution in [2.24, 2.45) is 0 Å². The fourth-order valence-corrected chi connectivity index (χ4v) is 2.50. The molecular formula is C14H16BrN3O. The van der Waals surface area contributed by atoms with Crippen molar-refractivity contribution >= 4 is 21.7 Å². The summed E-state index contributed by atoms with van der Waals surface area (Å²) in [4.78, 5) is 17.0. The van der Waals surface area contributed by atoms with Crippen molar-refractivity contribution in [1.29, 1.82) is 0 Å². The standard InChI is InChI=1S/C14H16BrN3O/c1-4-7-18-13(12(15)8-16-18)14(19)11-6-5-9(2)17-10(11)3/h5-6,8H,4,7H2,1-3H3. The molecule has 0 fully saturated rings. The van der Waals surface area contributed by atoms with Crippen LogP contribution in [0.4, 0.5) is 0 Å². The maximum absolute atomic E-state index is 12.6. The molecule has 0 aromatic carbocycles. The van der Waals surface area contributed by atoms with E-state index >= 15 is 0 Å². The molecule has 0 aliphatic carbocycles. The zero-order valence-corrected chi connectivity index (χ0v) is 12.9. The number of aromatic nitrogens is 3. The second-order valence-corrected chi connectivity index (χ2v) is 5.33. The Balaban J connectivity index is 2.46. The predicted octanol–water partition coefficient (Wildman–Crippen LogP) is 3.30. The average molecular weight is 322 g/mol. The van der Waals surface area contributed by atoms with E-state index in [0.29, 0.717) is 11.3 Å². The third-order valence-electron chi connectivity index (χ3n) is 2.91. The second kappa shape index (κ2) is 5.65. The molecule has 5 heteroatoms. The van der Waals surface area contributed by atoms with Crippen molar-refractivity contribution in [3.8, 4) is 0 Å². The van der Waals surface area contributed by atoms with Gasteiger partial charge in [0.2, 0.25) is 5.78 Å². The molecule has 0 aliphatic heterocycles. The molecule has 0 saturated carbocycles. The minimum Gasteiger partial charge on any atom is -0.287 e. The third-order valence-corrected chi connectivity index (χ3v) is 3.50. The summed E-state index contributed by atoms with van der Waals surface area (Å²) in [7, 11) is 0. The zero-order valence-electron chi connectivity index (χ0n) is 11.3. The number of pyridine rings is 1. The van der Waals surface area contributed by atoms with Crippen molar-refractivity contribution in [3.63, 3.8) is 0 Å². The van der Waals surface area contributed by atoms with E-state index < -0.39 is 0 Å². The molecule has 0 spiro atoms. The Hall–Kier alpha value is -1.49. The molecule has 0 saturated heterocycles. The highest BCUT2D eigenvalue weighted by Gasteiger charge is 2.20.